The van der Waals surface area contributed by atoms with Gasteiger partial charge in [0.25, 0.3) is 0 Å². The van der Waals surface area contributed by atoms with Crippen molar-refractivity contribution in [1.82, 2.24) is 35.3 Å². The van der Waals surface area contributed by atoms with Crippen LogP contribution in [0.3, 0.4) is 0 Å². The van der Waals surface area contributed by atoms with Gasteiger partial charge in [0.1, 0.15) is 0 Å². The molecule has 0 spiro atoms. The molecular formula is C16H19N7. The molecular weight excluding hydrogens is 290 g/mol. The zero-order valence-corrected chi connectivity index (χ0v) is 13.1. The van der Waals surface area contributed by atoms with Crippen molar-refractivity contribution < 1.29 is 0 Å². The van der Waals surface area contributed by atoms with E-state index in [9.17, 15) is 0 Å². The van der Waals surface area contributed by atoms with Crippen LogP contribution >= 0.6 is 0 Å². The highest BCUT2D eigenvalue weighted by molar-refractivity contribution is 5.54. The van der Waals surface area contributed by atoms with E-state index in [0.717, 1.165) is 31.6 Å². The van der Waals surface area contributed by atoms with E-state index in [0.29, 0.717) is 11.9 Å². The molecule has 2 aromatic heterocycles. The van der Waals surface area contributed by atoms with Crippen LogP contribution in [0.1, 0.15) is 23.6 Å². The van der Waals surface area contributed by atoms with Gasteiger partial charge < -0.3 is 0 Å². The molecule has 1 atom stereocenters. The van der Waals surface area contributed by atoms with Crippen molar-refractivity contribution in [2.45, 2.75) is 25.9 Å². The summed E-state index contributed by atoms with van der Waals surface area (Å²) >= 11 is 0. The second-order valence-corrected chi connectivity index (χ2v) is 6.11. The SMILES string of the molecule is Cc1cnn(C2CCN(Cc3cccc(-c4nn[nH]n4)c3)C2)c1. The Hall–Kier alpha value is -2.54. The Morgan fingerprint density at radius 3 is 3.09 bits per heavy atom. The number of benzene rings is 1. The first-order chi connectivity index (χ1) is 11.3. The quantitative estimate of drug-likeness (QED) is 0.795. The number of hydrogen-bond acceptors (Lipinski definition) is 5. The molecule has 1 fully saturated rings. The second-order valence-electron chi connectivity index (χ2n) is 6.11. The Bertz CT molecular complexity index is 777. The van der Waals surface area contributed by atoms with Crippen molar-refractivity contribution in [2.75, 3.05) is 13.1 Å². The highest BCUT2D eigenvalue weighted by Crippen LogP contribution is 2.24. The van der Waals surface area contributed by atoms with Crippen LogP contribution in [0.2, 0.25) is 0 Å². The first kappa shape index (κ1) is 14.1. The monoisotopic (exact) mass is 309 g/mol. The fraction of sp³-hybridized carbons (Fsp3) is 0.375. The fourth-order valence-corrected chi connectivity index (χ4v) is 3.16. The minimum atomic E-state index is 0.476. The summed E-state index contributed by atoms with van der Waals surface area (Å²) in [6, 6.07) is 8.81. The fourth-order valence-electron chi connectivity index (χ4n) is 3.16. The number of likely N-dealkylation sites (tertiary alicyclic amines) is 1. The molecule has 7 heteroatoms. The van der Waals surface area contributed by atoms with Crippen molar-refractivity contribution in [3.63, 3.8) is 0 Å². The summed E-state index contributed by atoms with van der Waals surface area (Å²) in [5.74, 6) is 0.637. The van der Waals surface area contributed by atoms with E-state index in [2.05, 4.69) is 60.6 Å². The molecule has 4 rings (SSSR count). The first-order valence-corrected chi connectivity index (χ1v) is 7.84. The van der Waals surface area contributed by atoms with Crippen molar-refractivity contribution in [2.24, 2.45) is 0 Å². The smallest absolute Gasteiger partial charge is 0.204 e. The standard InChI is InChI=1S/C16H19N7/c1-12-8-17-23(9-12)15-5-6-22(11-15)10-13-3-2-4-14(7-13)16-18-20-21-19-16/h2-4,7-9,15H,5-6,10-11H2,1H3,(H,18,19,20,21). The molecule has 3 aromatic rings. The van der Waals surface area contributed by atoms with Crippen molar-refractivity contribution in [3.05, 3.63) is 47.8 Å². The van der Waals surface area contributed by atoms with Crippen molar-refractivity contribution >= 4 is 0 Å². The number of tetrazole rings is 1. The summed E-state index contributed by atoms with van der Waals surface area (Å²) < 4.78 is 2.10. The summed E-state index contributed by atoms with van der Waals surface area (Å²) in [5.41, 5.74) is 3.48. The van der Waals surface area contributed by atoms with Gasteiger partial charge in [-0.3, -0.25) is 9.58 Å². The molecule has 0 radical (unpaired) electrons. The molecule has 3 heterocycles. The van der Waals surface area contributed by atoms with E-state index in [1.165, 1.54) is 11.1 Å². The van der Waals surface area contributed by atoms with Gasteiger partial charge in [0, 0.05) is 31.4 Å². The van der Waals surface area contributed by atoms with Crippen LogP contribution in [0.5, 0.6) is 0 Å². The number of aromatic amines is 1. The molecule has 23 heavy (non-hydrogen) atoms. The molecule has 1 saturated heterocycles. The van der Waals surface area contributed by atoms with E-state index < -0.39 is 0 Å². The Morgan fingerprint density at radius 2 is 2.30 bits per heavy atom. The van der Waals surface area contributed by atoms with Crippen LogP contribution in [0, 0.1) is 6.92 Å². The Morgan fingerprint density at radius 1 is 1.35 bits per heavy atom. The predicted molar refractivity (Wildman–Crippen MR) is 85.5 cm³/mol. The van der Waals surface area contributed by atoms with Crippen LogP contribution in [0.4, 0.5) is 0 Å². The molecule has 0 aliphatic carbocycles. The van der Waals surface area contributed by atoms with Crippen LogP contribution in [0.15, 0.2) is 36.7 Å². The largest absolute Gasteiger partial charge is 0.297 e. The summed E-state index contributed by atoms with van der Waals surface area (Å²) in [4.78, 5) is 2.47. The maximum Gasteiger partial charge on any atom is 0.204 e. The second kappa shape index (κ2) is 5.92. The van der Waals surface area contributed by atoms with Gasteiger partial charge in [-0.25, -0.2) is 0 Å². The van der Waals surface area contributed by atoms with Crippen molar-refractivity contribution in [3.8, 4) is 11.4 Å². The molecule has 1 unspecified atom stereocenters. The molecule has 1 aliphatic rings. The molecule has 0 saturated carbocycles. The zero-order valence-electron chi connectivity index (χ0n) is 13.1. The Labute approximate surface area is 134 Å². The van der Waals surface area contributed by atoms with E-state index >= 15 is 0 Å². The van der Waals surface area contributed by atoms with Gasteiger partial charge >= 0.3 is 0 Å². The lowest BCUT2D eigenvalue weighted by Crippen LogP contribution is -2.21. The van der Waals surface area contributed by atoms with Crippen LogP contribution in [0.25, 0.3) is 11.4 Å². The highest BCUT2D eigenvalue weighted by atomic mass is 15.5. The van der Waals surface area contributed by atoms with Gasteiger partial charge in [-0.2, -0.15) is 10.3 Å². The molecule has 118 valence electrons. The number of H-pyrrole nitrogens is 1. The topological polar surface area (TPSA) is 75.5 Å². The number of aryl methyl sites for hydroxylation is 1. The maximum absolute atomic E-state index is 4.45. The van der Waals surface area contributed by atoms with Crippen LogP contribution in [-0.2, 0) is 6.54 Å². The van der Waals surface area contributed by atoms with Crippen LogP contribution < -0.4 is 0 Å². The number of nitrogens with zero attached hydrogens (tertiary/aromatic N) is 6. The first-order valence-electron chi connectivity index (χ1n) is 7.84. The van der Waals surface area contributed by atoms with Gasteiger partial charge in [-0.1, -0.05) is 18.2 Å². The lowest BCUT2D eigenvalue weighted by Gasteiger charge is -2.16. The molecule has 0 bridgehead atoms. The minimum Gasteiger partial charge on any atom is -0.297 e. The molecule has 0 amide bonds. The van der Waals surface area contributed by atoms with Gasteiger partial charge in [-0.15, -0.1) is 10.2 Å². The molecule has 1 aromatic carbocycles. The van der Waals surface area contributed by atoms with E-state index in [4.69, 9.17) is 0 Å². The number of rotatable bonds is 4. The number of hydrogen-bond donors (Lipinski definition) is 1. The third-order valence-corrected chi connectivity index (χ3v) is 4.29. The van der Waals surface area contributed by atoms with Gasteiger partial charge in [0.05, 0.1) is 12.2 Å². The average molecular weight is 309 g/mol. The van der Waals surface area contributed by atoms with Crippen molar-refractivity contribution in [1.29, 1.82) is 0 Å². The predicted octanol–water partition coefficient (Wildman–Crippen LogP) is 1.82. The van der Waals surface area contributed by atoms with Gasteiger partial charge in [-0.05, 0) is 35.8 Å². The van der Waals surface area contributed by atoms with E-state index in [-0.39, 0.29) is 0 Å². The highest BCUT2D eigenvalue weighted by Gasteiger charge is 2.24. The third-order valence-electron chi connectivity index (χ3n) is 4.29. The van der Waals surface area contributed by atoms with Gasteiger partial charge in [0.15, 0.2) is 0 Å². The summed E-state index contributed by atoms with van der Waals surface area (Å²) in [6.07, 6.45) is 5.20. The Balaban J connectivity index is 1.44. The third kappa shape index (κ3) is 3.00. The summed E-state index contributed by atoms with van der Waals surface area (Å²) in [6.45, 7) is 5.14. The van der Waals surface area contributed by atoms with Crippen LogP contribution in [-0.4, -0.2) is 48.4 Å². The summed E-state index contributed by atoms with van der Waals surface area (Å²) in [5, 5.41) is 18.6. The Kier molecular flexibility index (Phi) is 3.63. The average Bonchev–Trinajstić information content (AvgIpc) is 3.28. The number of aromatic nitrogens is 6. The minimum absolute atomic E-state index is 0.476. The normalized spacial score (nSPS) is 18.6. The molecule has 1 aliphatic heterocycles. The van der Waals surface area contributed by atoms with Gasteiger partial charge in [0.2, 0.25) is 5.82 Å². The summed E-state index contributed by atoms with van der Waals surface area (Å²) in [7, 11) is 0. The lowest BCUT2D eigenvalue weighted by atomic mass is 10.1. The molecule has 7 nitrogen and oxygen atoms in total. The van der Waals surface area contributed by atoms with E-state index in [1.54, 1.807) is 0 Å². The maximum atomic E-state index is 4.45. The van der Waals surface area contributed by atoms with E-state index in [1.807, 2.05) is 18.3 Å². The number of nitrogens with one attached hydrogen (secondary N) is 1. The molecule has 1 N–H and O–H groups in total. The zero-order chi connectivity index (χ0) is 15.6. The lowest BCUT2D eigenvalue weighted by molar-refractivity contribution is 0.312.